The van der Waals surface area contributed by atoms with E-state index in [0.29, 0.717) is 17.5 Å². The van der Waals surface area contributed by atoms with Gasteiger partial charge >= 0.3 is 0 Å². The number of aromatic nitrogens is 1. The number of benzene rings is 2. The molecule has 1 atom stereocenters. The number of hydrogen-bond donors (Lipinski definition) is 1. The van der Waals surface area contributed by atoms with Gasteiger partial charge in [-0.05, 0) is 73.4 Å². The number of nitrogens with one attached hydrogen (secondary N) is 1. The number of carbonyl (C=O) groups is 1. The van der Waals surface area contributed by atoms with E-state index in [4.69, 9.17) is 11.6 Å². The summed E-state index contributed by atoms with van der Waals surface area (Å²) in [5, 5.41) is 4.12. The lowest BCUT2D eigenvalue weighted by atomic mass is 9.73. The van der Waals surface area contributed by atoms with E-state index in [9.17, 15) is 9.18 Å². The molecule has 1 heterocycles. The minimum absolute atomic E-state index is 0.0144. The Labute approximate surface area is 175 Å². The molecule has 1 aliphatic carbocycles. The van der Waals surface area contributed by atoms with E-state index >= 15 is 0 Å². The Hall–Kier alpha value is -2.46. The summed E-state index contributed by atoms with van der Waals surface area (Å²) in [6, 6.07) is 14.7. The summed E-state index contributed by atoms with van der Waals surface area (Å²) in [7, 11) is 0. The second-order valence-electron chi connectivity index (χ2n) is 7.94. The summed E-state index contributed by atoms with van der Waals surface area (Å²) in [6.45, 7) is 1.98. The smallest absolute Gasteiger partial charge is 0.227 e. The molecule has 0 radical (unpaired) electrons. The van der Waals surface area contributed by atoms with Crippen LogP contribution >= 0.6 is 11.6 Å². The van der Waals surface area contributed by atoms with Crippen LogP contribution in [0.2, 0.25) is 5.02 Å². The van der Waals surface area contributed by atoms with Crippen molar-refractivity contribution >= 4 is 34.1 Å². The van der Waals surface area contributed by atoms with Crippen molar-refractivity contribution in [3.8, 4) is 0 Å². The van der Waals surface area contributed by atoms with Crippen LogP contribution in [0.1, 0.15) is 44.1 Å². The monoisotopic (exact) mass is 410 g/mol. The molecule has 2 aromatic carbocycles. The summed E-state index contributed by atoms with van der Waals surface area (Å²) >= 11 is 5.81. The van der Waals surface area contributed by atoms with Crippen molar-refractivity contribution in [2.24, 2.45) is 11.8 Å². The molecule has 0 spiro atoms. The first-order valence-corrected chi connectivity index (χ1v) is 10.5. The molecule has 1 N–H and O–H groups in total. The number of fused-ring (bicyclic) bond motifs is 1. The highest BCUT2D eigenvalue weighted by Gasteiger charge is 2.30. The Kier molecular flexibility index (Phi) is 5.81. The maximum Gasteiger partial charge on any atom is 0.227 e. The molecule has 0 unspecified atom stereocenters. The van der Waals surface area contributed by atoms with E-state index in [1.165, 1.54) is 29.1 Å². The molecule has 3 nitrogen and oxygen atoms in total. The van der Waals surface area contributed by atoms with Gasteiger partial charge in [0.15, 0.2) is 0 Å². The molecule has 0 saturated heterocycles. The molecular formula is C24H24ClFN2O. The fraction of sp³-hybridized carbons (Fsp3) is 0.333. The molecule has 3 aromatic rings. The molecule has 0 bridgehead atoms. The van der Waals surface area contributed by atoms with Crippen LogP contribution in [-0.4, -0.2) is 10.9 Å². The Morgan fingerprint density at radius 2 is 1.90 bits per heavy atom. The molecule has 4 rings (SSSR count). The van der Waals surface area contributed by atoms with Gasteiger partial charge < -0.3 is 5.32 Å². The summed E-state index contributed by atoms with van der Waals surface area (Å²) in [5.41, 5.74) is 2.94. The molecule has 1 aromatic heterocycles. The number of para-hydroxylation sites is 1. The van der Waals surface area contributed by atoms with Crippen molar-refractivity contribution in [2.75, 3.05) is 5.32 Å². The van der Waals surface area contributed by atoms with Crippen molar-refractivity contribution in [1.29, 1.82) is 0 Å². The van der Waals surface area contributed by atoms with Gasteiger partial charge in [0.1, 0.15) is 5.82 Å². The van der Waals surface area contributed by atoms with Crippen molar-refractivity contribution in [3.63, 3.8) is 0 Å². The Morgan fingerprint density at radius 3 is 2.66 bits per heavy atom. The molecule has 0 aliphatic heterocycles. The number of anilines is 1. The fourth-order valence-electron chi connectivity index (χ4n) is 4.45. The zero-order valence-electron chi connectivity index (χ0n) is 16.4. The number of nitrogens with zero attached hydrogens (tertiary/aromatic N) is 1. The van der Waals surface area contributed by atoms with E-state index in [1.54, 1.807) is 0 Å². The zero-order chi connectivity index (χ0) is 20.4. The fourth-order valence-corrected chi connectivity index (χ4v) is 4.63. The summed E-state index contributed by atoms with van der Waals surface area (Å²) < 4.78 is 13.3. The standard InChI is InChI=1S/C24H24ClFN2O/c1-15(24(29)28-18-10-11-22(26)21(25)14-18)16-6-8-17(9-7-16)19-12-13-27-23-5-3-2-4-20(19)23/h2-5,10-17H,6-9H2,1H3,(H,28,29)/t15-,16-,17+/m1/s1. The van der Waals surface area contributed by atoms with Gasteiger partial charge in [-0.3, -0.25) is 9.78 Å². The number of pyridine rings is 1. The average molecular weight is 411 g/mol. The van der Waals surface area contributed by atoms with Crippen LogP contribution in [0.4, 0.5) is 10.1 Å². The lowest BCUT2D eigenvalue weighted by Crippen LogP contribution is -2.29. The topological polar surface area (TPSA) is 42.0 Å². The van der Waals surface area contributed by atoms with Crippen LogP contribution in [0.5, 0.6) is 0 Å². The van der Waals surface area contributed by atoms with Gasteiger partial charge in [0.2, 0.25) is 5.91 Å². The van der Waals surface area contributed by atoms with Crippen LogP contribution in [0.25, 0.3) is 10.9 Å². The van der Waals surface area contributed by atoms with Gasteiger partial charge in [0.25, 0.3) is 0 Å². The number of hydrogen-bond acceptors (Lipinski definition) is 2. The lowest BCUT2D eigenvalue weighted by Gasteiger charge is -2.32. The van der Waals surface area contributed by atoms with Crippen LogP contribution in [0, 0.1) is 17.7 Å². The molecule has 5 heteroatoms. The Bertz CT molecular complexity index is 1030. The van der Waals surface area contributed by atoms with Gasteiger partial charge in [0, 0.05) is 23.2 Å². The van der Waals surface area contributed by atoms with Crippen molar-refractivity contribution in [2.45, 2.75) is 38.5 Å². The van der Waals surface area contributed by atoms with E-state index in [-0.39, 0.29) is 16.8 Å². The zero-order valence-corrected chi connectivity index (χ0v) is 17.1. The van der Waals surface area contributed by atoms with Crippen molar-refractivity contribution in [3.05, 3.63) is 71.1 Å². The van der Waals surface area contributed by atoms with E-state index in [0.717, 1.165) is 31.2 Å². The van der Waals surface area contributed by atoms with Crippen LogP contribution < -0.4 is 5.32 Å². The largest absolute Gasteiger partial charge is 0.326 e. The molecule has 29 heavy (non-hydrogen) atoms. The summed E-state index contributed by atoms with van der Waals surface area (Å²) in [5.74, 6) is 0.222. The second kappa shape index (κ2) is 8.50. The first-order valence-electron chi connectivity index (χ1n) is 10.1. The van der Waals surface area contributed by atoms with Gasteiger partial charge in [-0.2, -0.15) is 0 Å². The van der Waals surface area contributed by atoms with E-state index in [1.807, 2.05) is 19.2 Å². The summed E-state index contributed by atoms with van der Waals surface area (Å²) in [4.78, 5) is 17.1. The molecular weight excluding hydrogens is 387 g/mol. The Balaban J connectivity index is 1.39. The minimum atomic E-state index is -0.486. The Morgan fingerprint density at radius 1 is 1.14 bits per heavy atom. The van der Waals surface area contributed by atoms with Gasteiger partial charge in [-0.15, -0.1) is 0 Å². The lowest BCUT2D eigenvalue weighted by molar-refractivity contribution is -0.121. The first kappa shape index (κ1) is 19.8. The third kappa shape index (κ3) is 4.27. The second-order valence-corrected chi connectivity index (χ2v) is 8.34. The maximum atomic E-state index is 13.3. The SMILES string of the molecule is C[C@@H](C(=O)Nc1ccc(F)c(Cl)c1)[C@H]1CC[C@@H](c2ccnc3ccccc32)CC1. The predicted octanol–water partition coefficient (Wildman–Crippen LogP) is 6.58. The molecule has 1 amide bonds. The highest BCUT2D eigenvalue weighted by molar-refractivity contribution is 6.31. The van der Waals surface area contributed by atoms with Crippen molar-refractivity contribution in [1.82, 2.24) is 4.98 Å². The first-order chi connectivity index (χ1) is 14.0. The summed E-state index contributed by atoms with van der Waals surface area (Å²) in [6.07, 6.45) is 6.06. The highest BCUT2D eigenvalue weighted by Crippen LogP contribution is 2.40. The van der Waals surface area contributed by atoms with Crippen LogP contribution in [0.3, 0.4) is 0 Å². The third-order valence-corrected chi connectivity index (χ3v) is 6.49. The third-order valence-electron chi connectivity index (χ3n) is 6.20. The predicted molar refractivity (Wildman–Crippen MR) is 116 cm³/mol. The van der Waals surface area contributed by atoms with Crippen LogP contribution in [-0.2, 0) is 4.79 Å². The minimum Gasteiger partial charge on any atom is -0.326 e. The number of amides is 1. The highest BCUT2D eigenvalue weighted by atomic mass is 35.5. The number of carbonyl (C=O) groups excluding carboxylic acids is 1. The van der Waals surface area contributed by atoms with E-state index < -0.39 is 5.82 Å². The molecule has 1 saturated carbocycles. The molecule has 150 valence electrons. The van der Waals surface area contributed by atoms with Crippen LogP contribution in [0.15, 0.2) is 54.7 Å². The quantitative estimate of drug-likeness (QED) is 0.528. The average Bonchev–Trinajstić information content (AvgIpc) is 2.75. The molecule has 1 fully saturated rings. The normalized spacial score (nSPS) is 20.4. The van der Waals surface area contributed by atoms with E-state index in [2.05, 4.69) is 34.6 Å². The van der Waals surface area contributed by atoms with Crippen molar-refractivity contribution < 1.29 is 9.18 Å². The van der Waals surface area contributed by atoms with Gasteiger partial charge in [-0.1, -0.05) is 36.7 Å². The number of halogens is 2. The molecule has 1 aliphatic rings. The maximum absolute atomic E-state index is 13.3. The van der Waals surface area contributed by atoms with Gasteiger partial charge in [0.05, 0.1) is 10.5 Å². The van der Waals surface area contributed by atoms with Gasteiger partial charge in [-0.25, -0.2) is 4.39 Å². The number of rotatable bonds is 4.